The van der Waals surface area contributed by atoms with E-state index in [-0.39, 0.29) is 11.8 Å². The van der Waals surface area contributed by atoms with Gasteiger partial charge in [-0.05, 0) is 31.4 Å². The van der Waals surface area contributed by atoms with Crippen LogP contribution in [-0.2, 0) is 16.1 Å². The molecule has 1 saturated heterocycles. The second kappa shape index (κ2) is 6.14. The predicted octanol–water partition coefficient (Wildman–Crippen LogP) is 2.66. The maximum absolute atomic E-state index is 12.5. The quantitative estimate of drug-likeness (QED) is 0.929. The lowest BCUT2D eigenvalue weighted by Gasteiger charge is -2.37. The molecule has 1 aliphatic rings. The number of amides is 2. The number of nitrogens with one attached hydrogen (secondary N) is 1. The molecule has 0 aromatic carbocycles. The van der Waals surface area contributed by atoms with E-state index in [0.717, 1.165) is 4.88 Å². The Morgan fingerprint density at radius 2 is 2.10 bits per heavy atom. The third kappa shape index (κ3) is 3.33. The van der Waals surface area contributed by atoms with Crippen LogP contribution in [-0.4, -0.2) is 28.8 Å². The molecule has 4 nitrogen and oxygen atoms in total. The first-order chi connectivity index (χ1) is 9.38. The van der Waals surface area contributed by atoms with Crippen LogP contribution in [0.3, 0.4) is 0 Å². The third-order valence-corrected chi connectivity index (χ3v) is 4.62. The second-order valence-corrected chi connectivity index (χ2v) is 7.34. The fraction of sp³-hybridized carbons (Fsp3) is 0.571. The molecule has 2 unspecified atom stereocenters. The van der Waals surface area contributed by atoms with Crippen molar-refractivity contribution >= 4 is 34.8 Å². The van der Waals surface area contributed by atoms with Crippen molar-refractivity contribution in [1.29, 1.82) is 0 Å². The highest BCUT2D eigenvalue weighted by Crippen LogP contribution is 2.25. The number of nitrogens with zero attached hydrogens (tertiary/aromatic N) is 1. The van der Waals surface area contributed by atoms with Crippen LogP contribution in [0.2, 0.25) is 4.34 Å². The summed E-state index contributed by atoms with van der Waals surface area (Å²) in [5.41, 5.74) is 0. The number of hydrogen-bond acceptors (Lipinski definition) is 3. The van der Waals surface area contributed by atoms with Gasteiger partial charge < -0.3 is 10.2 Å². The molecule has 2 rings (SSSR count). The molecule has 2 heterocycles. The van der Waals surface area contributed by atoms with Crippen molar-refractivity contribution in [2.75, 3.05) is 0 Å². The smallest absolute Gasteiger partial charge is 0.246 e. The molecule has 1 aliphatic heterocycles. The van der Waals surface area contributed by atoms with Crippen LogP contribution < -0.4 is 5.32 Å². The number of hydrogen-bond donors (Lipinski definition) is 1. The molecule has 1 aromatic heterocycles. The van der Waals surface area contributed by atoms with E-state index in [4.69, 9.17) is 11.6 Å². The topological polar surface area (TPSA) is 49.4 Å². The van der Waals surface area contributed by atoms with Crippen molar-refractivity contribution in [3.63, 3.8) is 0 Å². The van der Waals surface area contributed by atoms with E-state index >= 15 is 0 Å². The summed E-state index contributed by atoms with van der Waals surface area (Å²) in [6.07, 6.45) is 0.666. The number of thiophene rings is 1. The summed E-state index contributed by atoms with van der Waals surface area (Å²) in [6.45, 7) is 6.29. The van der Waals surface area contributed by atoms with E-state index in [1.807, 2.05) is 26.0 Å². The van der Waals surface area contributed by atoms with Crippen molar-refractivity contribution in [2.45, 2.75) is 45.8 Å². The molecule has 1 fully saturated rings. The normalized spacial score (nSPS) is 23.4. The molecule has 2 amide bonds. The summed E-state index contributed by atoms with van der Waals surface area (Å²) in [6, 6.07) is 2.87. The summed E-state index contributed by atoms with van der Waals surface area (Å²) in [5.74, 6) is 0.268. The summed E-state index contributed by atoms with van der Waals surface area (Å²) in [7, 11) is 0. The molecule has 20 heavy (non-hydrogen) atoms. The van der Waals surface area contributed by atoms with Gasteiger partial charge in [-0.25, -0.2) is 0 Å². The van der Waals surface area contributed by atoms with Gasteiger partial charge in [0.15, 0.2) is 0 Å². The van der Waals surface area contributed by atoms with Gasteiger partial charge in [0, 0.05) is 4.88 Å². The number of rotatable bonds is 4. The monoisotopic (exact) mass is 314 g/mol. The van der Waals surface area contributed by atoms with Crippen molar-refractivity contribution in [3.05, 3.63) is 21.3 Å². The number of carbonyl (C=O) groups excluding carboxylic acids is 2. The van der Waals surface area contributed by atoms with Gasteiger partial charge in [0.05, 0.1) is 10.9 Å². The molecule has 2 atom stereocenters. The first-order valence-electron chi connectivity index (χ1n) is 6.73. The van der Waals surface area contributed by atoms with E-state index in [1.165, 1.54) is 11.3 Å². The predicted molar refractivity (Wildman–Crippen MR) is 80.7 cm³/mol. The molecular formula is C14H19ClN2O2S. The highest BCUT2D eigenvalue weighted by atomic mass is 35.5. The van der Waals surface area contributed by atoms with Gasteiger partial charge in [0.1, 0.15) is 12.1 Å². The Labute approximate surface area is 128 Å². The van der Waals surface area contributed by atoms with Gasteiger partial charge in [-0.15, -0.1) is 11.3 Å². The van der Waals surface area contributed by atoms with E-state index in [2.05, 4.69) is 5.32 Å². The van der Waals surface area contributed by atoms with E-state index < -0.39 is 12.1 Å². The molecule has 0 spiro atoms. The molecule has 6 heteroatoms. The van der Waals surface area contributed by atoms with Crippen molar-refractivity contribution in [2.24, 2.45) is 5.92 Å². The Hall–Kier alpha value is -1.07. The van der Waals surface area contributed by atoms with Gasteiger partial charge in [0.25, 0.3) is 0 Å². The largest absolute Gasteiger partial charge is 0.343 e. The maximum atomic E-state index is 12.5. The lowest BCUT2D eigenvalue weighted by molar-refractivity contribution is -0.149. The first-order valence-corrected chi connectivity index (χ1v) is 7.93. The lowest BCUT2D eigenvalue weighted by atomic mass is 9.99. The molecule has 1 aromatic rings. The Balaban J connectivity index is 2.15. The molecule has 0 saturated carbocycles. The summed E-state index contributed by atoms with van der Waals surface area (Å²) in [5, 5.41) is 2.82. The minimum absolute atomic E-state index is 0.00433. The van der Waals surface area contributed by atoms with Crippen molar-refractivity contribution < 1.29 is 9.59 Å². The Morgan fingerprint density at radius 3 is 2.65 bits per heavy atom. The fourth-order valence-electron chi connectivity index (χ4n) is 2.34. The van der Waals surface area contributed by atoms with Crippen LogP contribution in [0.25, 0.3) is 0 Å². The molecule has 1 N–H and O–H groups in total. The van der Waals surface area contributed by atoms with Crippen LogP contribution in [0.5, 0.6) is 0 Å². The van der Waals surface area contributed by atoms with Gasteiger partial charge >= 0.3 is 0 Å². The van der Waals surface area contributed by atoms with E-state index in [9.17, 15) is 9.59 Å². The first kappa shape index (κ1) is 15.3. The zero-order valence-electron chi connectivity index (χ0n) is 11.9. The maximum Gasteiger partial charge on any atom is 0.246 e. The van der Waals surface area contributed by atoms with Gasteiger partial charge in [-0.2, -0.15) is 0 Å². The zero-order valence-corrected chi connectivity index (χ0v) is 13.4. The van der Waals surface area contributed by atoms with Crippen LogP contribution in [0.15, 0.2) is 12.1 Å². The van der Waals surface area contributed by atoms with Crippen molar-refractivity contribution in [1.82, 2.24) is 10.2 Å². The molecular weight excluding hydrogens is 296 g/mol. The minimum atomic E-state index is -0.438. The Morgan fingerprint density at radius 1 is 1.40 bits per heavy atom. The number of carbonyl (C=O) groups is 2. The average Bonchev–Trinajstić information content (AvgIpc) is 2.77. The second-order valence-electron chi connectivity index (χ2n) is 5.54. The van der Waals surface area contributed by atoms with Crippen molar-refractivity contribution in [3.8, 4) is 0 Å². The number of piperazine rings is 1. The Kier molecular flexibility index (Phi) is 4.70. The molecule has 0 aliphatic carbocycles. The van der Waals surface area contributed by atoms with Gasteiger partial charge in [-0.1, -0.05) is 25.4 Å². The molecule has 0 bridgehead atoms. The van der Waals surface area contributed by atoms with Crippen LogP contribution in [0.1, 0.15) is 32.1 Å². The minimum Gasteiger partial charge on any atom is -0.343 e. The van der Waals surface area contributed by atoms with Gasteiger partial charge in [-0.3, -0.25) is 9.59 Å². The third-order valence-electron chi connectivity index (χ3n) is 3.41. The Bertz CT molecular complexity index is 515. The van der Waals surface area contributed by atoms with Crippen LogP contribution in [0, 0.1) is 5.92 Å². The van der Waals surface area contributed by atoms with E-state index in [0.29, 0.717) is 23.2 Å². The summed E-state index contributed by atoms with van der Waals surface area (Å²) in [4.78, 5) is 27.2. The standard InChI is InChI=1S/C14H19ClN2O2S/c1-8(2)6-11-14(19)17(9(3)13(18)16-11)7-10-4-5-12(15)20-10/h4-5,8-9,11H,6-7H2,1-3H3,(H,16,18). The number of halogens is 1. The highest BCUT2D eigenvalue weighted by molar-refractivity contribution is 7.16. The van der Waals surface area contributed by atoms with Gasteiger partial charge in [0.2, 0.25) is 11.8 Å². The zero-order chi connectivity index (χ0) is 14.9. The lowest BCUT2D eigenvalue weighted by Crippen LogP contribution is -2.62. The highest BCUT2D eigenvalue weighted by Gasteiger charge is 2.38. The van der Waals surface area contributed by atoms with Crippen LogP contribution in [0.4, 0.5) is 0 Å². The molecule has 110 valence electrons. The molecule has 0 radical (unpaired) electrons. The summed E-state index contributed by atoms with van der Waals surface area (Å²) >= 11 is 7.35. The fourth-order valence-corrected chi connectivity index (χ4v) is 3.42. The van der Waals surface area contributed by atoms with Crippen LogP contribution >= 0.6 is 22.9 Å². The SMILES string of the molecule is CC(C)CC1NC(=O)C(C)N(Cc2ccc(Cl)s2)C1=O. The van der Waals surface area contributed by atoms with E-state index in [1.54, 1.807) is 11.8 Å². The average molecular weight is 315 g/mol. The summed E-state index contributed by atoms with van der Waals surface area (Å²) < 4.78 is 0.695.